The van der Waals surface area contributed by atoms with Gasteiger partial charge in [-0.1, -0.05) is 0 Å². The molecule has 2 aliphatic heterocycles. The molecule has 0 N–H and O–H groups in total. The lowest BCUT2D eigenvalue weighted by molar-refractivity contribution is 0.473. The highest BCUT2D eigenvalue weighted by Crippen LogP contribution is 2.29. The molecule has 0 spiro atoms. The molecule has 0 amide bonds. The zero-order valence-electron chi connectivity index (χ0n) is 6.00. The van der Waals surface area contributed by atoms with Gasteiger partial charge in [-0.05, 0) is 5.41 Å². The van der Waals surface area contributed by atoms with Gasteiger partial charge >= 0.3 is 0 Å². The molecule has 3 heteroatoms. The van der Waals surface area contributed by atoms with Crippen LogP contribution < -0.4 is 0 Å². The van der Waals surface area contributed by atoms with Crippen LogP contribution in [0.2, 0.25) is 0 Å². The van der Waals surface area contributed by atoms with Crippen molar-refractivity contribution in [2.45, 2.75) is 6.42 Å². The highest BCUT2D eigenvalue weighted by Gasteiger charge is 2.25. The minimum atomic E-state index is 1.13. The summed E-state index contributed by atoms with van der Waals surface area (Å²) in [5, 5.41) is 2.22. The molecule has 0 aromatic heterocycles. The Kier molecular flexibility index (Phi) is 1.45. The number of thioether (sulfide) groups is 1. The van der Waals surface area contributed by atoms with Crippen molar-refractivity contribution in [2.24, 2.45) is 4.99 Å². The normalized spacial score (nSPS) is 27.5. The monoisotopic (exact) mass is 154 g/mol. The fraction of sp³-hybridized carbons (Fsp3) is 0.571. The summed E-state index contributed by atoms with van der Waals surface area (Å²) in [6, 6.07) is 0. The smallest absolute Gasteiger partial charge is 0.0681 e. The fourth-order valence-corrected chi connectivity index (χ4v) is 2.35. The average molecular weight is 154 g/mol. The number of aliphatic imine (C=N–C) groups is 1. The SMILES string of the molecule is C/N=C1/CCN2CSC=C12. The maximum Gasteiger partial charge on any atom is 0.0681 e. The van der Waals surface area contributed by atoms with E-state index in [0.717, 1.165) is 12.3 Å². The van der Waals surface area contributed by atoms with Crippen LogP contribution >= 0.6 is 11.8 Å². The van der Waals surface area contributed by atoms with Crippen molar-refractivity contribution in [1.82, 2.24) is 4.90 Å². The number of hydrogen-bond acceptors (Lipinski definition) is 3. The predicted molar refractivity (Wildman–Crippen MR) is 45.2 cm³/mol. The molecule has 2 rings (SSSR count). The number of nitrogens with zero attached hydrogens (tertiary/aromatic N) is 2. The van der Waals surface area contributed by atoms with Gasteiger partial charge in [-0.25, -0.2) is 0 Å². The van der Waals surface area contributed by atoms with Crippen LogP contribution in [0.4, 0.5) is 0 Å². The molecule has 0 aliphatic carbocycles. The standard InChI is InChI=1S/C7H10N2S/c1-8-6-2-3-9-5-10-4-7(6)9/h4H,2-3,5H2,1H3/b8-6-. The summed E-state index contributed by atoms with van der Waals surface area (Å²) >= 11 is 1.87. The Morgan fingerprint density at radius 1 is 1.70 bits per heavy atom. The quantitative estimate of drug-likeness (QED) is 0.523. The molecule has 0 unspecified atom stereocenters. The van der Waals surface area contributed by atoms with E-state index < -0.39 is 0 Å². The second kappa shape index (κ2) is 2.31. The van der Waals surface area contributed by atoms with Crippen LogP contribution in [0.25, 0.3) is 0 Å². The first-order valence-corrected chi connectivity index (χ1v) is 4.49. The molecule has 2 heterocycles. The van der Waals surface area contributed by atoms with Gasteiger partial charge in [0.25, 0.3) is 0 Å². The lowest BCUT2D eigenvalue weighted by Gasteiger charge is -2.09. The lowest BCUT2D eigenvalue weighted by Crippen LogP contribution is -2.12. The van der Waals surface area contributed by atoms with E-state index in [1.807, 2.05) is 18.8 Å². The van der Waals surface area contributed by atoms with Gasteiger partial charge in [0, 0.05) is 20.0 Å². The van der Waals surface area contributed by atoms with Crippen molar-refractivity contribution in [2.75, 3.05) is 19.5 Å². The third-order valence-electron chi connectivity index (χ3n) is 1.95. The van der Waals surface area contributed by atoms with E-state index in [1.54, 1.807) is 0 Å². The zero-order chi connectivity index (χ0) is 6.97. The van der Waals surface area contributed by atoms with Gasteiger partial charge in [0.05, 0.1) is 17.3 Å². The van der Waals surface area contributed by atoms with E-state index in [4.69, 9.17) is 0 Å². The van der Waals surface area contributed by atoms with Crippen molar-refractivity contribution < 1.29 is 0 Å². The first-order valence-electron chi connectivity index (χ1n) is 3.44. The van der Waals surface area contributed by atoms with Gasteiger partial charge in [-0.15, -0.1) is 11.8 Å². The van der Waals surface area contributed by atoms with E-state index >= 15 is 0 Å². The summed E-state index contributed by atoms with van der Waals surface area (Å²) in [5.41, 5.74) is 2.65. The van der Waals surface area contributed by atoms with Crippen molar-refractivity contribution in [3.63, 3.8) is 0 Å². The first kappa shape index (κ1) is 6.28. The number of fused-ring (bicyclic) bond motifs is 1. The van der Waals surface area contributed by atoms with Crippen molar-refractivity contribution in [1.29, 1.82) is 0 Å². The van der Waals surface area contributed by atoms with E-state index in [9.17, 15) is 0 Å². The van der Waals surface area contributed by atoms with Crippen molar-refractivity contribution in [3.8, 4) is 0 Å². The molecule has 0 aromatic carbocycles. The molecule has 1 saturated heterocycles. The van der Waals surface area contributed by atoms with Crippen molar-refractivity contribution >= 4 is 17.5 Å². The molecule has 54 valence electrons. The molecule has 2 aliphatic rings. The van der Waals surface area contributed by atoms with Crippen LogP contribution in [0.5, 0.6) is 0 Å². The summed E-state index contributed by atoms with van der Waals surface area (Å²) < 4.78 is 0. The third-order valence-corrected chi connectivity index (χ3v) is 2.80. The van der Waals surface area contributed by atoms with Crippen LogP contribution in [0, 0.1) is 0 Å². The minimum absolute atomic E-state index is 1.13. The Bertz CT molecular complexity index is 208. The van der Waals surface area contributed by atoms with Gasteiger partial charge in [0.1, 0.15) is 0 Å². The number of rotatable bonds is 0. The predicted octanol–water partition coefficient (Wildman–Crippen LogP) is 1.31. The topological polar surface area (TPSA) is 15.6 Å². The van der Waals surface area contributed by atoms with Crippen LogP contribution in [0.3, 0.4) is 0 Å². The van der Waals surface area contributed by atoms with Gasteiger partial charge < -0.3 is 4.90 Å². The highest BCUT2D eigenvalue weighted by atomic mass is 32.2. The molecule has 1 fully saturated rings. The summed E-state index contributed by atoms with van der Waals surface area (Å²) in [5.74, 6) is 1.13. The molecule has 2 nitrogen and oxygen atoms in total. The maximum atomic E-state index is 4.22. The zero-order valence-corrected chi connectivity index (χ0v) is 6.82. The van der Waals surface area contributed by atoms with Gasteiger partial charge in [-0.2, -0.15) is 0 Å². The van der Waals surface area contributed by atoms with Crippen molar-refractivity contribution in [3.05, 3.63) is 11.1 Å². The summed E-state index contributed by atoms with van der Waals surface area (Å²) in [7, 11) is 1.88. The Balaban J connectivity index is 2.30. The Morgan fingerprint density at radius 3 is 3.40 bits per heavy atom. The Morgan fingerprint density at radius 2 is 2.60 bits per heavy atom. The molecule has 0 bridgehead atoms. The average Bonchev–Trinajstić information content (AvgIpc) is 2.44. The van der Waals surface area contributed by atoms with Crippen LogP contribution in [-0.2, 0) is 0 Å². The minimum Gasteiger partial charge on any atom is -0.360 e. The summed E-state index contributed by atoms with van der Waals surface area (Å²) in [4.78, 5) is 6.61. The van der Waals surface area contributed by atoms with E-state index in [1.165, 1.54) is 18.0 Å². The molecule has 0 atom stereocenters. The van der Waals surface area contributed by atoms with E-state index in [2.05, 4.69) is 15.3 Å². The number of hydrogen-bond donors (Lipinski definition) is 0. The third kappa shape index (κ3) is 0.770. The van der Waals surface area contributed by atoms with Crippen LogP contribution in [0.1, 0.15) is 6.42 Å². The lowest BCUT2D eigenvalue weighted by atomic mass is 10.3. The molecular formula is C7H10N2S. The molecular weight excluding hydrogens is 144 g/mol. The largest absolute Gasteiger partial charge is 0.360 e. The second-order valence-electron chi connectivity index (χ2n) is 2.48. The molecule has 0 aromatic rings. The Hall–Kier alpha value is -0.440. The molecule has 10 heavy (non-hydrogen) atoms. The van der Waals surface area contributed by atoms with Crippen LogP contribution in [-0.4, -0.2) is 30.1 Å². The molecule has 0 saturated carbocycles. The number of allylic oxidation sites excluding steroid dienone is 1. The van der Waals surface area contributed by atoms with Gasteiger partial charge in [0.2, 0.25) is 0 Å². The van der Waals surface area contributed by atoms with Gasteiger partial charge in [0.15, 0.2) is 0 Å². The summed E-state index contributed by atoms with van der Waals surface area (Å²) in [6.07, 6.45) is 1.14. The second-order valence-corrected chi connectivity index (χ2v) is 3.31. The maximum absolute atomic E-state index is 4.22. The van der Waals surface area contributed by atoms with E-state index in [-0.39, 0.29) is 0 Å². The molecule has 0 radical (unpaired) electrons. The van der Waals surface area contributed by atoms with Gasteiger partial charge in [-0.3, -0.25) is 4.99 Å². The highest BCUT2D eigenvalue weighted by molar-refractivity contribution is 8.02. The fourth-order valence-electron chi connectivity index (χ4n) is 1.38. The van der Waals surface area contributed by atoms with E-state index in [0.29, 0.717) is 0 Å². The van der Waals surface area contributed by atoms with Crippen LogP contribution in [0.15, 0.2) is 16.1 Å². The first-order chi connectivity index (χ1) is 4.92. The summed E-state index contributed by atoms with van der Waals surface area (Å²) in [6.45, 7) is 1.17. The Labute approximate surface area is 65.0 Å².